The SMILES string of the molecule is CCCc1ccc(/C=C/c2ccc(-c3ccc(CC(C)c4ccccc4)cc3)cc2)c(F)c1. The van der Waals surface area contributed by atoms with Gasteiger partial charge in [0.25, 0.3) is 0 Å². The molecule has 0 heterocycles. The van der Waals surface area contributed by atoms with Crippen LogP contribution in [0.3, 0.4) is 0 Å². The molecule has 0 spiro atoms. The van der Waals surface area contributed by atoms with E-state index in [9.17, 15) is 4.39 Å². The first-order valence-electron chi connectivity index (χ1n) is 11.8. The quantitative estimate of drug-likeness (QED) is 0.243. The van der Waals surface area contributed by atoms with Gasteiger partial charge in [-0.25, -0.2) is 4.39 Å². The standard InChI is InChI=1S/C32H31F/c1-3-7-26-15-21-31(32(33)23-26)20-12-25-10-16-29(17-11-25)30-18-13-27(14-19-30)22-24(2)28-8-5-4-6-9-28/h4-6,8-21,23-24H,3,7,22H2,1-2H3/b20-12+. The van der Waals surface area contributed by atoms with Crippen LogP contribution < -0.4 is 0 Å². The van der Waals surface area contributed by atoms with Crippen molar-refractivity contribution in [2.75, 3.05) is 0 Å². The second-order valence-corrected chi connectivity index (χ2v) is 8.77. The van der Waals surface area contributed by atoms with Gasteiger partial charge < -0.3 is 0 Å². The van der Waals surface area contributed by atoms with Crippen molar-refractivity contribution >= 4 is 12.2 Å². The molecule has 0 aliphatic rings. The normalized spacial score (nSPS) is 12.2. The molecule has 0 aliphatic carbocycles. The van der Waals surface area contributed by atoms with Crippen LogP contribution in [0.25, 0.3) is 23.3 Å². The van der Waals surface area contributed by atoms with Crippen molar-refractivity contribution in [1.82, 2.24) is 0 Å². The predicted octanol–water partition coefficient (Wildman–Crippen LogP) is 8.96. The fourth-order valence-corrected chi connectivity index (χ4v) is 4.21. The number of aryl methyl sites for hydroxylation is 1. The molecule has 0 fully saturated rings. The lowest BCUT2D eigenvalue weighted by atomic mass is 9.93. The Bertz CT molecular complexity index is 1190. The zero-order chi connectivity index (χ0) is 23.0. The summed E-state index contributed by atoms with van der Waals surface area (Å²) in [6.45, 7) is 4.39. The molecule has 1 heteroatoms. The summed E-state index contributed by atoms with van der Waals surface area (Å²) in [5.41, 5.74) is 7.85. The third-order valence-corrected chi connectivity index (χ3v) is 6.17. The fourth-order valence-electron chi connectivity index (χ4n) is 4.21. The zero-order valence-electron chi connectivity index (χ0n) is 19.5. The molecule has 0 radical (unpaired) electrons. The Balaban J connectivity index is 1.40. The van der Waals surface area contributed by atoms with Gasteiger partial charge in [0.1, 0.15) is 5.82 Å². The minimum Gasteiger partial charge on any atom is -0.206 e. The lowest BCUT2D eigenvalue weighted by Gasteiger charge is -2.12. The number of hydrogen-bond acceptors (Lipinski definition) is 0. The Morgan fingerprint density at radius 3 is 2.00 bits per heavy atom. The van der Waals surface area contributed by atoms with Crippen molar-refractivity contribution in [3.05, 3.63) is 131 Å². The van der Waals surface area contributed by atoms with Crippen molar-refractivity contribution in [3.8, 4) is 11.1 Å². The number of halogens is 1. The molecule has 0 aromatic heterocycles. The highest BCUT2D eigenvalue weighted by Gasteiger charge is 2.07. The minimum atomic E-state index is -0.157. The molecule has 1 unspecified atom stereocenters. The second-order valence-electron chi connectivity index (χ2n) is 8.77. The molecule has 4 aromatic rings. The van der Waals surface area contributed by atoms with Crippen molar-refractivity contribution in [3.63, 3.8) is 0 Å². The van der Waals surface area contributed by atoms with Gasteiger partial charge in [-0.2, -0.15) is 0 Å². The highest BCUT2D eigenvalue weighted by molar-refractivity contribution is 5.72. The second kappa shape index (κ2) is 10.9. The average Bonchev–Trinajstić information content (AvgIpc) is 2.85. The molecule has 0 saturated heterocycles. The Labute approximate surface area is 197 Å². The Morgan fingerprint density at radius 1 is 0.727 bits per heavy atom. The molecule has 1 atom stereocenters. The number of hydrogen-bond donors (Lipinski definition) is 0. The van der Waals surface area contributed by atoms with Crippen molar-refractivity contribution in [2.45, 2.75) is 39.0 Å². The van der Waals surface area contributed by atoms with E-state index < -0.39 is 0 Å². The Kier molecular flexibility index (Phi) is 7.52. The van der Waals surface area contributed by atoms with E-state index in [0.29, 0.717) is 11.5 Å². The molecule has 0 aliphatic heterocycles. The van der Waals surface area contributed by atoms with Gasteiger partial charge in [0.05, 0.1) is 0 Å². The van der Waals surface area contributed by atoms with Crippen molar-refractivity contribution < 1.29 is 4.39 Å². The lowest BCUT2D eigenvalue weighted by Crippen LogP contribution is -1.98. The summed E-state index contributed by atoms with van der Waals surface area (Å²) in [6, 6.07) is 33.5. The summed E-state index contributed by atoms with van der Waals surface area (Å²) in [6.07, 6.45) is 6.79. The molecule has 166 valence electrons. The van der Waals surface area contributed by atoms with Crippen LogP contribution in [0.1, 0.15) is 54.0 Å². The molecule has 0 N–H and O–H groups in total. The van der Waals surface area contributed by atoms with Gasteiger partial charge in [0, 0.05) is 5.56 Å². The van der Waals surface area contributed by atoms with Gasteiger partial charge in [0.2, 0.25) is 0 Å². The van der Waals surface area contributed by atoms with E-state index in [1.807, 2.05) is 24.3 Å². The Hall–Kier alpha value is -3.45. The van der Waals surface area contributed by atoms with Crippen LogP contribution in [0.15, 0.2) is 97.1 Å². The lowest BCUT2D eigenvalue weighted by molar-refractivity contribution is 0.622. The van der Waals surface area contributed by atoms with Crippen LogP contribution >= 0.6 is 0 Å². The van der Waals surface area contributed by atoms with Gasteiger partial charge in [-0.1, -0.05) is 123 Å². The van der Waals surface area contributed by atoms with Gasteiger partial charge in [-0.05, 0) is 58.2 Å². The minimum absolute atomic E-state index is 0.157. The first-order chi connectivity index (χ1) is 16.1. The molecular weight excluding hydrogens is 403 g/mol. The monoisotopic (exact) mass is 434 g/mol. The molecule has 33 heavy (non-hydrogen) atoms. The maximum absolute atomic E-state index is 14.3. The van der Waals surface area contributed by atoms with E-state index in [4.69, 9.17) is 0 Å². The van der Waals surface area contributed by atoms with E-state index in [1.54, 1.807) is 6.07 Å². The fraction of sp³-hybridized carbons (Fsp3) is 0.188. The highest BCUT2D eigenvalue weighted by Crippen LogP contribution is 2.25. The highest BCUT2D eigenvalue weighted by atomic mass is 19.1. The molecular formula is C32H31F. The number of rotatable bonds is 8. The third kappa shape index (κ3) is 6.08. The van der Waals surface area contributed by atoms with Gasteiger partial charge in [-0.15, -0.1) is 0 Å². The number of benzene rings is 4. The summed E-state index contributed by atoms with van der Waals surface area (Å²) in [7, 11) is 0. The molecule has 0 saturated carbocycles. The summed E-state index contributed by atoms with van der Waals surface area (Å²) in [5, 5.41) is 0. The topological polar surface area (TPSA) is 0 Å². The van der Waals surface area contributed by atoms with Crippen molar-refractivity contribution in [2.24, 2.45) is 0 Å². The van der Waals surface area contributed by atoms with E-state index in [1.165, 1.54) is 22.3 Å². The first kappa shape index (κ1) is 22.7. The van der Waals surface area contributed by atoms with Gasteiger partial charge in [-0.3, -0.25) is 0 Å². The Morgan fingerprint density at radius 2 is 1.36 bits per heavy atom. The summed E-state index contributed by atoms with van der Waals surface area (Å²) in [4.78, 5) is 0. The van der Waals surface area contributed by atoms with Crippen LogP contribution in [-0.2, 0) is 12.8 Å². The molecule has 0 bridgehead atoms. The molecule has 4 aromatic carbocycles. The van der Waals surface area contributed by atoms with E-state index >= 15 is 0 Å². The average molecular weight is 435 g/mol. The molecule has 4 rings (SSSR count). The van der Waals surface area contributed by atoms with Gasteiger partial charge >= 0.3 is 0 Å². The van der Waals surface area contributed by atoms with Crippen LogP contribution in [0.4, 0.5) is 4.39 Å². The smallest absolute Gasteiger partial charge is 0.130 e. The maximum Gasteiger partial charge on any atom is 0.130 e. The predicted molar refractivity (Wildman–Crippen MR) is 140 cm³/mol. The largest absolute Gasteiger partial charge is 0.206 e. The van der Waals surface area contributed by atoms with Crippen LogP contribution in [0.2, 0.25) is 0 Å². The summed E-state index contributed by atoms with van der Waals surface area (Å²) >= 11 is 0. The van der Waals surface area contributed by atoms with Crippen LogP contribution in [0.5, 0.6) is 0 Å². The van der Waals surface area contributed by atoms with Crippen molar-refractivity contribution in [1.29, 1.82) is 0 Å². The summed E-state index contributed by atoms with van der Waals surface area (Å²) in [5.74, 6) is 0.339. The maximum atomic E-state index is 14.3. The molecule has 0 nitrogen and oxygen atoms in total. The van der Waals surface area contributed by atoms with Crippen LogP contribution in [0, 0.1) is 5.82 Å². The van der Waals surface area contributed by atoms with Crippen LogP contribution in [-0.4, -0.2) is 0 Å². The van der Waals surface area contributed by atoms with E-state index in [2.05, 4.69) is 92.7 Å². The first-order valence-corrected chi connectivity index (χ1v) is 11.8. The van der Waals surface area contributed by atoms with E-state index in [0.717, 1.165) is 30.4 Å². The van der Waals surface area contributed by atoms with E-state index in [-0.39, 0.29) is 5.82 Å². The van der Waals surface area contributed by atoms with Gasteiger partial charge in [0.15, 0.2) is 0 Å². The zero-order valence-corrected chi connectivity index (χ0v) is 19.5. The molecule has 0 amide bonds. The third-order valence-electron chi connectivity index (χ3n) is 6.17. The summed E-state index contributed by atoms with van der Waals surface area (Å²) < 4.78 is 14.3.